The summed E-state index contributed by atoms with van der Waals surface area (Å²) in [6.45, 7) is 9.49. The van der Waals surface area contributed by atoms with Crippen molar-refractivity contribution in [3.8, 4) is 11.8 Å². The van der Waals surface area contributed by atoms with Gasteiger partial charge in [-0.05, 0) is 18.8 Å². The Balaban J connectivity index is 3.48. The van der Waals surface area contributed by atoms with Crippen LogP contribution in [0.5, 0.6) is 0 Å². The van der Waals surface area contributed by atoms with E-state index >= 15 is 0 Å². The van der Waals surface area contributed by atoms with Gasteiger partial charge < -0.3 is 5.73 Å². The number of hydrogen-bond donors (Lipinski definition) is 1. The second kappa shape index (κ2) is 7.96. The maximum atomic E-state index is 4.08. The molecule has 15 heavy (non-hydrogen) atoms. The minimum atomic E-state index is -0.817. The van der Waals surface area contributed by atoms with Gasteiger partial charge in [-0.2, -0.15) is 0 Å². The molecule has 0 radical (unpaired) electrons. The first kappa shape index (κ1) is 14.7. The number of hydrogen-bond acceptors (Lipinski definition) is 0. The molecule has 0 bridgehead atoms. The second-order valence-electron chi connectivity index (χ2n) is 5.57. The van der Waals surface area contributed by atoms with Gasteiger partial charge in [-0.15, -0.1) is 0 Å². The zero-order chi connectivity index (χ0) is 11.7. The van der Waals surface area contributed by atoms with Crippen LogP contribution in [0.3, 0.4) is 0 Å². The first-order valence-corrected chi connectivity index (χ1v) is 9.98. The molecule has 1 unspecified atom stereocenters. The third kappa shape index (κ3) is 11.7. The van der Waals surface area contributed by atoms with Crippen molar-refractivity contribution in [2.75, 3.05) is 0 Å². The molecule has 0 aliphatic carbocycles. The summed E-state index contributed by atoms with van der Waals surface area (Å²) in [7, 11) is -0.817. The van der Waals surface area contributed by atoms with Crippen LogP contribution in [-0.2, 0) is 0 Å². The van der Waals surface area contributed by atoms with E-state index in [1.54, 1.807) is 0 Å². The highest BCUT2D eigenvalue weighted by Gasteiger charge is 2.12. The average Bonchev–Trinajstić information content (AvgIpc) is 2.11. The van der Waals surface area contributed by atoms with Crippen LogP contribution in [0.2, 0.25) is 25.7 Å². The van der Waals surface area contributed by atoms with Gasteiger partial charge in [0.1, 0.15) is 6.04 Å². The molecule has 0 aliphatic heterocycles. The molecule has 1 atom stereocenters. The normalized spacial score (nSPS) is 13.1. The second-order valence-corrected chi connectivity index (χ2v) is 11.2. The standard InChI is InChI=1S/C13H27NSi/c1-5-6-7-10-13(14)11-8-9-12-15(2,3)4/h13H,5-6,8-9,11-12,14H2,1-4H3/p+1. The molecule has 3 N–H and O–H groups in total. The fraction of sp³-hybridized carbons (Fsp3) is 0.846. The summed E-state index contributed by atoms with van der Waals surface area (Å²) in [4.78, 5) is 0. The molecule has 0 aromatic carbocycles. The topological polar surface area (TPSA) is 27.6 Å². The van der Waals surface area contributed by atoms with Crippen LogP contribution in [0, 0.1) is 11.8 Å². The van der Waals surface area contributed by atoms with Gasteiger partial charge >= 0.3 is 0 Å². The summed E-state index contributed by atoms with van der Waals surface area (Å²) >= 11 is 0. The Morgan fingerprint density at radius 2 is 1.87 bits per heavy atom. The number of quaternary nitrogens is 1. The molecule has 0 amide bonds. The van der Waals surface area contributed by atoms with Crippen LogP contribution in [0.25, 0.3) is 0 Å². The molecule has 0 heterocycles. The predicted molar refractivity (Wildman–Crippen MR) is 71.4 cm³/mol. The Kier molecular flexibility index (Phi) is 7.82. The third-order valence-electron chi connectivity index (χ3n) is 2.41. The van der Waals surface area contributed by atoms with E-state index in [1.807, 2.05) is 0 Å². The van der Waals surface area contributed by atoms with Crippen LogP contribution < -0.4 is 5.73 Å². The van der Waals surface area contributed by atoms with Crippen molar-refractivity contribution in [2.45, 2.75) is 70.8 Å². The van der Waals surface area contributed by atoms with Crippen molar-refractivity contribution < 1.29 is 5.73 Å². The summed E-state index contributed by atoms with van der Waals surface area (Å²) in [5.41, 5.74) is 4.08. The molecule has 0 fully saturated rings. The zero-order valence-electron chi connectivity index (χ0n) is 11.0. The van der Waals surface area contributed by atoms with E-state index in [0.717, 1.165) is 12.8 Å². The average molecular weight is 226 g/mol. The van der Waals surface area contributed by atoms with Crippen molar-refractivity contribution in [1.82, 2.24) is 0 Å². The fourth-order valence-electron chi connectivity index (χ4n) is 1.46. The summed E-state index contributed by atoms with van der Waals surface area (Å²) in [6, 6.07) is 1.81. The van der Waals surface area contributed by atoms with Crippen LogP contribution in [-0.4, -0.2) is 14.1 Å². The molecule has 0 saturated carbocycles. The van der Waals surface area contributed by atoms with E-state index < -0.39 is 8.07 Å². The van der Waals surface area contributed by atoms with Gasteiger partial charge in [0, 0.05) is 20.9 Å². The monoisotopic (exact) mass is 226 g/mol. The highest BCUT2D eigenvalue weighted by molar-refractivity contribution is 6.76. The maximum absolute atomic E-state index is 4.08. The lowest BCUT2D eigenvalue weighted by Crippen LogP contribution is -2.60. The largest absolute Gasteiger partial charge is 0.345 e. The molecule has 88 valence electrons. The first-order chi connectivity index (χ1) is 6.95. The maximum Gasteiger partial charge on any atom is 0.146 e. The van der Waals surface area contributed by atoms with Gasteiger partial charge in [0.25, 0.3) is 0 Å². The van der Waals surface area contributed by atoms with Gasteiger partial charge in [0.15, 0.2) is 0 Å². The minimum Gasteiger partial charge on any atom is -0.345 e. The molecule has 1 nitrogen and oxygen atoms in total. The molecule has 2 heteroatoms. The Labute approximate surface area is 96.8 Å². The van der Waals surface area contributed by atoms with E-state index in [9.17, 15) is 0 Å². The molecular formula is C13H28NSi+. The molecule has 0 spiro atoms. The van der Waals surface area contributed by atoms with Crippen LogP contribution in [0.1, 0.15) is 39.0 Å². The summed E-state index contributed by atoms with van der Waals surface area (Å²) in [5.74, 6) is 6.42. The van der Waals surface area contributed by atoms with Gasteiger partial charge in [0.05, 0.1) is 0 Å². The SMILES string of the molecule is CCCC#CC([NH3+])CCCC[Si](C)(C)C. The van der Waals surface area contributed by atoms with E-state index in [4.69, 9.17) is 0 Å². The van der Waals surface area contributed by atoms with Gasteiger partial charge in [-0.3, -0.25) is 0 Å². The number of unbranched alkanes of at least 4 members (excludes halogenated alkanes) is 2. The van der Waals surface area contributed by atoms with E-state index in [0.29, 0.717) is 6.04 Å². The van der Waals surface area contributed by atoms with Crippen molar-refractivity contribution in [1.29, 1.82) is 0 Å². The quantitative estimate of drug-likeness (QED) is 0.410. The summed E-state index contributed by atoms with van der Waals surface area (Å²) < 4.78 is 0. The Hall–Kier alpha value is -0.263. The molecule has 0 aromatic rings. The molecule has 0 rings (SSSR count). The Morgan fingerprint density at radius 3 is 2.40 bits per heavy atom. The van der Waals surface area contributed by atoms with Crippen LogP contribution >= 0.6 is 0 Å². The van der Waals surface area contributed by atoms with E-state index in [1.165, 1.54) is 25.3 Å². The van der Waals surface area contributed by atoms with Gasteiger partial charge in [0.2, 0.25) is 0 Å². The van der Waals surface area contributed by atoms with Gasteiger partial charge in [-0.25, -0.2) is 0 Å². The van der Waals surface area contributed by atoms with Crippen molar-refractivity contribution in [3.05, 3.63) is 0 Å². The molecule has 0 aromatic heterocycles. The fourth-order valence-corrected chi connectivity index (χ4v) is 2.77. The smallest absolute Gasteiger partial charge is 0.146 e. The minimum absolute atomic E-state index is 0.359. The lowest BCUT2D eigenvalue weighted by atomic mass is 10.1. The zero-order valence-corrected chi connectivity index (χ0v) is 12.0. The summed E-state index contributed by atoms with van der Waals surface area (Å²) in [6.07, 6.45) is 6.05. The highest BCUT2D eigenvalue weighted by atomic mass is 28.3. The lowest BCUT2D eigenvalue weighted by molar-refractivity contribution is -0.400. The van der Waals surface area contributed by atoms with Crippen molar-refractivity contribution >= 4 is 8.07 Å². The molecular weight excluding hydrogens is 198 g/mol. The number of rotatable bonds is 6. The van der Waals surface area contributed by atoms with Crippen molar-refractivity contribution in [2.24, 2.45) is 0 Å². The van der Waals surface area contributed by atoms with Crippen LogP contribution in [0.4, 0.5) is 0 Å². The van der Waals surface area contributed by atoms with Gasteiger partial charge in [-0.1, -0.05) is 45.0 Å². The van der Waals surface area contributed by atoms with E-state index in [2.05, 4.69) is 44.1 Å². The summed E-state index contributed by atoms with van der Waals surface area (Å²) in [5, 5.41) is 0. The highest BCUT2D eigenvalue weighted by Crippen LogP contribution is 2.13. The predicted octanol–water partition coefficient (Wildman–Crippen LogP) is 2.91. The lowest BCUT2D eigenvalue weighted by Gasteiger charge is -2.14. The Bertz CT molecular complexity index is 207. The first-order valence-electron chi connectivity index (χ1n) is 6.27. The van der Waals surface area contributed by atoms with E-state index in [-0.39, 0.29) is 0 Å². The van der Waals surface area contributed by atoms with Crippen molar-refractivity contribution in [3.63, 3.8) is 0 Å². The van der Waals surface area contributed by atoms with Crippen LogP contribution in [0.15, 0.2) is 0 Å². The Morgan fingerprint density at radius 1 is 1.20 bits per heavy atom. The molecule has 0 aliphatic rings. The third-order valence-corrected chi connectivity index (χ3v) is 4.26. The molecule has 0 saturated heterocycles.